The zero-order valence-electron chi connectivity index (χ0n) is 14.7. The van der Waals surface area contributed by atoms with Crippen molar-refractivity contribution in [1.82, 2.24) is 9.21 Å². The minimum absolute atomic E-state index is 0.113. The fourth-order valence-electron chi connectivity index (χ4n) is 5.36. The fourth-order valence-corrected chi connectivity index (χ4v) is 7.48. The summed E-state index contributed by atoms with van der Waals surface area (Å²) in [6.07, 6.45) is 3.98. The summed E-state index contributed by atoms with van der Waals surface area (Å²) in [6.45, 7) is 2.89. The van der Waals surface area contributed by atoms with E-state index in [1.807, 2.05) is 16.4 Å². The highest BCUT2D eigenvalue weighted by Crippen LogP contribution is 2.49. The molecule has 1 aliphatic carbocycles. The first-order valence-electron chi connectivity index (χ1n) is 9.48. The van der Waals surface area contributed by atoms with Gasteiger partial charge < -0.3 is 4.74 Å². The minimum Gasteiger partial charge on any atom is -0.497 e. The van der Waals surface area contributed by atoms with Crippen LogP contribution in [0.3, 0.4) is 0 Å². The first kappa shape index (κ1) is 16.1. The van der Waals surface area contributed by atoms with Crippen molar-refractivity contribution in [3.8, 4) is 5.75 Å². The topological polar surface area (TPSA) is 49.9 Å². The van der Waals surface area contributed by atoms with Crippen LogP contribution in [0.4, 0.5) is 0 Å². The van der Waals surface area contributed by atoms with Crippen molar-refractivity contribution in [3.05, 3.63) is 29.8 Å². The number of ether oxygens (including phenoxy) is 1. The Bertz CT molecular complexity index is 751. The van der Waals surface area contributed by atoms with Gasteiger partial charge >= 0.3 is 0 Å². The second kappa shape index (κ2) is 5.69. The van der Waals surface area contributed by atoms with Crippen LogP contribution in [0.1, 0.15) is 37.2 Å². The van der Waals surface area contributed by atoms with Gasteiger partial charge in [-0.3, -0.25) is 4.90 Å². The fraction of sp³-hybridized carbons (Fsp3) is 0.684. The molecule has 25 heavy (non-hydrogen) atoms. The Kier molecular flexibility index (Phi) is 3.67. The van der Waals surface area contributed by atoms with Crippen molar-refractivity contribution in [3.63, 3.8) is 0 Å². The smallest absolute Gasteiger partial charge is 0.217 e. The molecule has 6 heteroatoms. The normalized spacial score (nSPS) is 37.9. The lowest BCUT2D eigenvalue weighted by Gasteiger charge is -2.51. The number of benzene rings is 1. The number of rotatable bonds is 4. The lowest BCUT2D eigenvalue weighted by molar-refractivity contribution is 0.0122. The molecular weight excluding hydrogens is 336 g/mol. The molecule has 1 aromatic rings. The van der Waals surface area contributed by atoms with E-state index in [2.05, 4.69) is 17.0 Å². The molecule has 0 spiro atoms. The van der Waals surface area contributed by atoms with Gasteiger partial charge in [0.05, 0.1) is 12.4 Å². The van der Waals surface area contributed by atoms with Gasteiger partial charge in [-0.1, -0.05) is 12.1 Å². The van der Waals surface area contributed by atoms with Crippen molar-refractivity contribution in [1.29, 1.82) is 0 Å². The molecule has 1 saturated carbocycles. The third-order valence-electron chi connectivity index (χ3n) is 6.77. The summed E-state index contributed by atoms with van der Waals surface area (Å²) < 4.78 is 33.4. The maximum atomic E-state index is 13.1. The second-order valence-corrected chi connectivity index (χ2v) is 10.2. The number of sulfonamides is 1. The minimum atomic E-state index is -3.13. The van der Waals surface area contributed by atoms with Crippen molar-refractivity contribution in [2.24, 2.45) is 5.92 Å². The van der Waals surface area contributed by atoms with E-state index in [1.165, 1.54) is 5.56 Å². The molecule has 4 saturated heterocycles. The van der Waals surface area contributed by atoms with E-state index in [1.54, 1.807) is 7.11 Å². The van der Waals surface area contributed by atoms with E-state index in [4.69, 9.17) is 4.74 Å². The first-order chi connectivity index (χ1) is 12.1. The quantitative estimate of drug-likeness (QED) is 0.823. The molecule has 5 nitrogen and oxygen atoms in total. The molecule has 2 bridgehead atoms. The molecule has 0 N–H and O–H groups in total. The molecule has 1 aromatic carbocycles. The van der Waals surface area contributed by atoms with E-state index in [0.717, 1.165) is 44.5 Å². The molecule has 6 rings (SSSR count). The molecule has 0 unspecified atom stereocenters. The summed E-state index contributed by atoms with van der Waals surface area (Å²) in [5, 5.41) is -0.113. The van der Waals surface area contributed by atoms with Gasteiger partial charge in [0, 0.05) is 24.5 Å². The summed E-state index contributed by atoms with van der Waals surface area (Å²) in [6, 6.07) is 8.76. The molecule has 4 heterocycles. The Morgan fingerprint density at radius 1 is 1.00 bits per heavy atom. The third-order valence-corrected chi connectivity index (χ3v) is 9.13. The molecule has 3 atom stereocenters. The lowest BCUT2D eigenvalue weighted by atomic mass is 9.75. The monoisotopic (exact) mass is 362 g/mol. The Morgan fingerprint density at radius 2 is 1.68 bits per heavy atom. The van der Waals surface area contributed by atoms with Crippen molar-refractivity contribution in [2.75, 3.05) is 26.7 Å². The first-order valence-corrected chi connectivity index (χ1v) is 11.0. The van der Waals surface area contributed by atoms with Crippen molar-refractivity contribution >= 4 is 10.0 Å². The summed E-state index contributed by atoms with van der Waals surface area (Å²) >= 11 is 0. The van der Waals surface area contributed by atoms with Gasteiger partial charge in [0.1, 0.15) is 5.75 Å². The molecule has 5 aliphatic rings. The van der Waals surface area contributed by atoms with Gasteiger partial charge in [-0.2, -0.15) is 4.31 Å². The lowest BCUT2D eigenvalue weighted by Crippen LogP contribution is -2.60. The molecular formula is C19H26N2O3S. The number of fused-ring (bicyclic) bond motifs is 2. The highest BCUT2D eigenvalue weighted by atomic mass is 32.2. The van der Waals surface area contributed by atoms with Gasteiger partial charge in [-0.05, 0) is 62.4 Å². The highest BCUT2D eigenvalue weighted by Gasteiger charge is 2.58. The van der Waals surface area contributed by atoms with Crippen LogP contribution < -0.4 is 4.74 Å². The maximum absolute atomic E-state index is 13.1. The van der Waals surface area contributed by atoms with Gasteiger partial charge in [-0.15, -0.1) is 0 Å². The van der Waals surface area contributed by atoms with Crippen LogP contribution in [0.2, 0.25) is 0 Å². The standard InChI is InChI=1S/C19H26N2O3S/c1-24-15-4-2-13(3-5-15)17-12-21(25(22,23)16-6-7-16)18-14-8-10-20(11-9-14)19(17)18/h2-5,14,16-19H,6-12H2,1H3/t17-,18+,19+/m0/s1. The zero-order chi connectivity index (χ0) is 17.2. The highest BCUT2D eigenvalue weighted by molar-refractivity contribution is 7.90. The van der Waals surface area contributed by atoms with E-state index in [9.17, 15) is 8.42 Å². The summed E-state index contributed by atoms with van der Waals surface area (Å²) in [5.74, 6) is 1.66. The number of piperidine rings is 3. The van der Waals surface area contributed by atoms with E-state index < -0.39 is 10.0 Å². The molecule has 4 aliphatic heterocycles. The third kappa shape index (κ3) is 2.45. The molecule has 0 aromatic heterocycles. The Hall–Kier alpha value is -1.11. The Morgan fingerprint density at radius 3 is 2.28 bits per heavy atom. The molecule has 0 amide bonds. The van der Waals surface area contributed by atoms with E-state index in [0.29, 0.717) is 18.5 Å². The number of hydrogen-bond donors (Lipinski definition) is 0. The number of hydrogen-bond acceptors (Lipinski definition) is 4. The van der Waals surface area contributed by atoms with Crippen LogP contribution in [0, 0.1) is 5.92 Å². The SMILES string of the molecule is COc1ccc([C@@H]2CN(S(=O)(=O)C3CC3)[C@@H]3C4CCN(CC4)[C@@H]32)cc1. The Balaban J connectivity index is 1.53. The van der Waals surface area contributed by atoms with Gasteiger partial charge in [0.2, 0.25) is 10.0 Å². The average molecular weight is 362 g/mol. The largest absolute Gasteiger partial charge is 0.497 e. The zero-order valence-corrected chi connectivity index (χ0v) is 15.5. The van der Waals surface area contributed by atoms with Crippen LogP contribution in [-0.2, 0) is 10.0 Å². The van der Waals surface area contributed by atoms with Crippen LogP contribution in [-0.4, -0.2) is 61.7 Å². The van der Waals surface area contributed by atoms with Crippen molar-refractivity contribution in [2.45, 2.75) is 48.9 Å². The van der Waals surface area contributed by atoms with Crippen LogP contribution in [0.15, 0.2) is 24.3 Å². The maximum Gasteiger partial charge on any atom is 0.217 e. The average Bonchev–Trinajstić information content (AvgIpc) is 3.43. The molecule has 5 fully saturated rings. The van der Waals surface area contributed by atoms with Crippen LogP contribution in [0.25, 0.3) is 0 Å². The summed E-state index contributed by atoms with van der Waals surface area (Å²) in [7, 11) is -1.45. The van der Waals surface area contributed by atoms with E-state index in [-0.39, 0.29) is 17.2 Å². The number of methoxy groups -OCH3 is 1. The summed E-state index contributed by atoms with van der Waals surface area (Å²) in [5.41, 5.74) is 1.25. The Labute approximate surface area is 150 Å². The van der Waals surface area contributed by atoms with Gasteiger partial charge in [-0.25, -0.2) is 8.42 Å². The van der Waals surface area contributed by atoms with Crippen molar-refractivity contribution < 1.29 is 13.2 Å². The van der Waals surface area contributed by atoms with Gasteiger partial charge in [0.25, 0.3) is 0 Å². The number of nitrogens with zero attached hydrogens (tertiary/aromatic N) is 2. The molecule has 0 radical (unpaired) electrons. The predicted octanol–water partition coefficient (Wildman–Crippen LogP) is 2.05. The molecule has 136 valence electrons. The van der Waals surface area contributed by atoms with Gasteiger partial charge in [0.15, 0.2) is 0 Å². The second-order valence-electron chi connectivity index (χ2n) is 8.05. The van der Waals surface area contributed by atoms with Crippen LogP contribution in [0.5, 0.6) is 5.75 Å². The van der Waals surface area contributed by atoms with Crippen LogP contribution >= 0.6 is 0 Å². The summed E-state index contributed by atoms with van der Waals surface area (Å²) in [4.78, 5) is 2.56. The van der Waals surface area contributed by atoms with E-state index >= 15 is 0 Å². The predicted molar refractivity (Wildman–Crippen MR) is 96.3 cm³/mol.